The predicted octanol–water partition coefficient (Wildman–Crippen LogP) is 4.52. The first-order valence-corrected chi connectivity index (χ1v) is 7.47. The summed E-state index contributed by atoms with van der Waals surface area (Å²) in [5.74, 6) is 3.09. The summed E-state index contributed by atoms with van der Waals surface area (Å²) in [6.07, 6.45) is 8.57. The minimum absolute atomic E-state index is 0.408. The van der Waals surface area contributed by atoms with E-state index < -0.39 is 0 Å². The number of hydrogen-bond donors (Lipinski definition) is 1. The van der Waals surface area contributed by atoms with Gasteiger partial charge in [0.1, 0.15) is 11.5 Å². The van der Waals surface area contributed by atoms with Gasteiger partial charge in [-0.1, -0.05) is 25.7 Å². The van der Waals surface area contributed by atoms with Gasteiger partial charge in [-0.25, -0.2) is 0 Å². The van der Waals surface area contributed by atoms with E-state index in [9.17, 15) is 0 Å². The van der Waals surface area contributed by atoms with Crippen LogP contribution in [0.15, 0.2) is 10.5 Å². The molecule has 18 heavy (non-hydrogen) atoms. The molecule has 0 saturated heterocycles. The highest BCUT2D eigenvalue weighted by molar-refractivity contribution is 5.23. The maximum atomic E-state index is 5.58. The van der Waals surface area contributed by atoms with Crippen molar-refractivity contribution in [3.8, 4) is 0 Å². The van der Waals surface area contributed by atoms with Crippen LogP contribution in [0.5, 0.6) is 0 Å². The maximum Gasteiger partial charge on any atom is 0.105 e. The van der Waals surface area contributed by atoms with E-state index >= 15 is 0 Å². The lowest BCUT2D eigenvalue weighted by Crippen LogP contribution is -2.20. The largest absolute Gasteiger partial charge is 0.466 e. The van der Waals surface area contributed by atoms with Gasteiger partial charge in [0.25, 0.3) is 0 Å². The Morgan fingerprint density at radius 3 is 2.67 bits per heavy atom. The van der Waals surface area contributed by atoms with Crippen LogP contribution in [0.25, 0.3) is 0 Å². The molecule has 0 aliphatic heterocycles. The Morgan fingerprint density at radius 1 is 1.33 bits per heavy atom. The molecule has 102 valence electrons. The van der Waals surface area contributed by atoms with Crippen LogP contribution >= 0.6 is 0 Å². The van der Waals surface area contributed by atoms with Gasteiger partial charge in [0.2, 0.25) is 0 Å². The van der Waals surface area contributed by atoms with E-state index in [-0.39, 0.29) is 0 Å². The molecular weight excluding hydrogens is 222 g/mol. The number of aryl methyl sites for hydroxylation is 2. The van der Waals surface area contributed by atoms with Crippen molar-refractivity contribution in [2.24, 2.45) is 5.92 Å². The lowest BCUT2D eigenvalue weighted by Gasteiger charge is -2.14. The van der Waals surface area contributed by atoms with Crippen LogP contribution in [0.4, 0.5) is 0 Å². The molecule has 1 aliphatic carbocycles. The summed E-state index contributed by atoms with van der Waals surface area (Å²) >= 11 is 0. The van der Waals surface area contributed by atoms with Gasteiger partial charge in [-0.15, -0.1) is 0 Å². The van der Waals surface area contributed by atoms with Crippen LogP contribution in [0.2, 0.25) is 0 Å². The normalized spacial score (nSPS) is 18.4. The average molecular weight is 249 g/mol. The summed E-state index contributed by atoms with van der Waals surface area (Å²) in [7, 11) is 0. The minimum Gasteiger partial charge on any atom is -0.466 e. The second-order valence-electron chi connectivity index (χ2n) is 5.84. The van der Waals surface area contributed by atoms with Crippen LogP contribution < -0.4 is 5.32 Å². The summed E-state index contributed by atoms with van der Waals surface area (Å²) < 4.78 is 5.58. The van der Waals surface area contributed by atoms with Gasteiger partial charge in [0, 0.05) is 11.6 Å². The fourth-order valence-corrected chi connectivity index (χ4v) is 3.20. The van der Waals surface area contributed by atoms with Crippen molar-refractivity contribution in [1.82, 2.24) is 5.32 Å². The van der Waals surface area contributed by atoms with Crippen LogP contribution in [-0.4, -0.2) is 6.54 Å². The zero-order chi connectivity index (χ0) is 13.0. The summed E-state index contributed by atoms with van der Waals surface area (Å²) in [5.41, 5.74) is 1.31. The number of hydrogen-bond acceptors (Lipinski definition) is 2. The summed E-state index contributed by atoms with van der Waals surface area (Å²) in [6, 6.07) is 2.57. The second kappa shape index (κ2) is 6.42. The first-order valence-electron chi connectivity index (χ1n) is 7.47. The summed E-state index contributed by atoms with van der Waals surface area (Å²) in [6.45, 7) is 7.43. The molecule has 1 saturated carbocycles. The van der Waals surface area contributed by atoms with Crippen molar-refractivity contribution in [3.05, 3.63) is 23.2 Å². The fraction of sp³-hybridized carbons (Fsp3) is 0.750. The highest BCUT2D eigenvalue weighted by Gasteiger charge is 2.15. The molecule has 1 aromatic heterocycles. The van der Waals surface area contributed by atoms with Crippen LogP contribution in [-0.2, 0) is 0 Å². The topological polar surface area (TPSA) is 25.2 Å². The molecule has 0 bridgehead atoms. The molecule has 1 heterocycles. The minimum atomic E-state index is 0.408. The molecule has 1 unspecified atom stereocenters. The molecule has 2 rings (SSSR count). The molecule has 0 amide bonds. The highest BCUT2D eigenvalue weighted by Crippen LogP contribution is 2.28. The SMILES string of the molecule is Cc1cc(C(C)NCCCC2CCCC2)c(C)o1. The summed E-state index contributed by atoms with van der Waals surface area (Å²) in [5, 5.41) is 3.62. The molecule has 2 nitrogen and oxygen atoms in total. The third-order valence-electron chi connectivity index (χ3n) is 4.26. The molecule has 2 heteroatoms. The number of furan rings is 1. The van der Waals surface area contributed by atoms with Crippen molar-refractivity contribution in [2.45, 2.75) is 65.3 Å². The number of rotatable bonds is 6. The van der Waals surface area contributed by atoms with E-state index in [1.165, 1.54) is 44.1 Å². The van der Waals surface area contributed by atoms with Gasteiger partial charge in [-0.05, 0) is 52.1 Å². The molecule has 1 fully saturated rings. The van der Waals surface area contributed by atoms with E-state index in [0.717, 1.165) is 24.0 Å². The molecule has 0 radical (unpaired) electrons. The second-order valence-corrected chi connectivity index (χ2v) is 5.84. The Bertz CT molecular complexity index is 363. The Balaban J connectivity index is 1.68. The molecule has 0 spiro atoms. The van der Waals surface area contributed by atoms with E-state index in [2.05, 4.69) is 25.2 Å². The van der Waals surface area contributed by atoms with Crippen molar-refractivity contribution in [3.63, 3.8) is 0 Å². The van der Waals surface area contributed by atoms with Crippen LogP contribution in [0, 0.1) is 19.8 Å². The van der Waals surface area contributed by atoms with E-state index in [4.69, 9.17) is 4.42 Å². The lowest BCUT2D eigenvalue weighted by molar-refractivity contribution is 0.451. The van der Waals surface area contributed by atoms with Crippen LogP contribution in [0.1, 0.15) is 68.6 Å². The van der Waals surface area contributed by atoms with Gasteiger partial charge in [0.15, 0.2) is 0 Å². The first kappa shape index (κ1) is 13.7. The third kappa shape index (κ3) is 3.61. The van der Waals surface area contributed by atoms with Gasteiger partial charge in [-0.2, -0.15) is 0 Å². The van der Waals surface area contributed by atoms with Crippen molar-refractivity contribution < 1.29 is 4.42 Å². The monoisotopic (exact) mass is 249 g/mol. The number of nitrogens with one attached hydrogen (secondary N) is 1. The maximum absolute atomic E-state index is 5.58. The summed E-state index contributed by atoms with van der Waals surface area (Å²) in [4.78, 5) is 0. The van der Waals surface area contributed by atoms with Gasteiger partial charge < -0.3 is 9.73 Å². The molecule has 1 aliphatic rings. The Labute approximate surface area is 111 Å². The van der Waals surface area contributed by atoms with E-state index in [1.54, 1.807) is 0 Å². The van der Waals surface area contributed by atoms with Gasteiger partial charge >= 0.3 is 0 Å². The van der Waals surface area contributed by atoms with Crippen molar-refractivity contribution in [2.75, 3.05) is 6.54 Å². The van der Waals surface area contributed by atoms with E-state index in [0.29, 0.717) is 6.04 Å². The molecule has 0 aromatic carbocycles. The van der Waals surface area contributed by atoms with Crippen molar-refractivity contribution in [1.29, 1.82) is 0 Å². The van der Waals surface area contributed by atoms with E-state index in [1.807, 2.05) is 6.92 Å². The third-order valence-corrected chi connectivity index (χ3v) is 4.26. The predicted molar refractivity (Wildman–Crippen MR) is 75.8 cm³/mol. The lowest BCUT2D eigenvalue weighted by atomic mass is 10.0. The average Bonchev–Trinajstić information content (AvgIpc) is 2.94. The molecule has 1 aromatic rings. The zero-order valence-electron chi connectivity index (χ0n) is 12.1. The highest BCUT2D eigenvalue weighted by atomic mass is 16.3. The standard InChI is InChI=1S/C16H27NO/c1-12-11-16(14(3)18-12)13(2)17-10-6-9-15-7-4-5-8-15/h11,13,15,17H,4-10H2,1-3H3. The Hall–Kier alpha value is -0.760. The Kier molecular flexibility index (Phi) is 4.87. The van der Waals surface area contributed by atoms with Gasteiger partial charge in [-0.3, -0.25) is 0 Å². The Morgan fingerprint density at radius 2 is 2.06 bits per heavy atom. The molecule has 1 N–H and O–H groups in total. The smallest absolute Gasteiger partial charge is 0.105 e. The molecule has 1 atom stereocenters. The first-order chi connectivity index (χ1) is 8.66. The van der Waals surface area contributed by atoms with Crippen molar-refractivity contribution >= 4 is 0 Å². The van der Waals surface area contributed by atoms with Gasteiger partial charge in [0.05, 0.1) is 0 Å². The fourth-order valence-electron chi connectivity index (χ4n) is 3.20. The quantitative estimate of drug-likeness (QED) is 0.750. The van der Waals surface area contributed by atoms with Crippen LogP contribution in [0.3, 0.4) is 0 Å². The molecular formula is C16H27NO. The zero-order valence-corrected chi connectivity index (χ0v) is 12.1.